The van der Waals surface area contributed by atoms with Crippen LogP contribution in [0.5, 0.6) is 0 Å². The zero-order chi connectivity index (χ0) is 32.2. The summed E-state index contributed by atoms with van der Waals surface area (Å²) in [5.74, 6) is 0.969. The van der Waals surface area contributed by atoms with Crippen molar-refractivity contribution in [2.75, 3.05) is 53.7 Å². The van der Waals surface area contributed by atoms with Crippen molar-refractivity contribution < 1.29 is 13.2 Å². The second kappa shape index (κ2) is 13.1. The summed E-state index contributed by atoms with van der Waals surface area (Å²) < 4.78 is 28.3. The average Bonchev–Trinajstić information content (AvgIpc) is 3.02. The minimum absolute atomic E-state index is 0.00244. The molecular weight excluding hydrogens is 588 g/mol. The van der Waals surface area contributed by atoms with E-state index >= 15 is 0 Å². The molecule has 0 bridgehead atoms. The fraction of sp³-hybridized carbons (Fsp3) is 0.303. The number of nitrogens with zero attached hydrogens (tertiary/aromatic N) is 5. The van der Waals surface area contributed by atoms with Crippen LogP contribution in [0.4, 0.5) is 39.3 Å². The van der Waals surface area contributed by atoms with Crippen LogP contribution in [-0.4, -0.2) is 68.1 Å². The number of nitrogens with one attached hydrogen (secondary N) is 3. The molecule has 2 amide bonds. The topological polar surface area (TPSA) is 123 Å². The van der Waals surface area contributed by atoms with Crippen LogP contribution >= 0.6 is 0 Å². The largest absolute Gasteiger partial charge is 0.368 e. The number of piperazine rings is 1. The molecule has 1 fully saturated rings. The van der Waals surface area contributed by atoms with E-state index in [1.165, 1.54) is 0 Å². The molecule has 12 heteroatoms. The van der Waals surface area contributed by atoms with Gasteiger partial charge >= 0.3 is 6.03 Å². The monoisotopic (exact) mass is 628 g/mol. The number of rotatable bonds is 8. The third kappa shape index (κ3) is 8.08. The standard InChI is InChI=1S/C33H40N8O3S/c1-24-23-34-31(37-30(24)35-26-10-9-13-29(22-26)45(43,44)38-33(2,3)4)36-25-14-16-28(17-15-25)40-18-20-41(21-19-40)32(42)39(5)27-11-7-6-8-12-27/h6-17,22-23,38H,18-21H2,1-5H3,(H2,34,35,36,37). The highest BCUT2D eigenvalue weighted by Crippen LogP contribution is 2.25. The minimum atomic E-state index is -3.68. The van der Waals surface area contributed by atoms with Crippen molar-refractivity contribution in [3.05, 3.63) is 90.6 Å². The Balaban J connectivity index is 1.19. The molecule has 1 aliphatic heterocycles. The first kappa shape index (κ1) is 31.7. The predicted octanol–water partition coefficient (Wildman–Crippen LogP) is 5.73. The molecule has 1 saturated heterocycles. The van der Waals surface area contributed by atoms with Gasteiger partial charge in [-0.25, -0.2) is 22.9 Å². The Labute approximate surface area is 265 Å². The maximum atomic E-state index is 13.0. The first-order valence-corrected chi connectivity index (χ1v) is 16.3. The fourth-order valence-electron chi connectivity index (χ4n) is 4.98. The summed E-state index contributed by atoms with van der Waals surface area (Å²) in [6.07, 6.45) is 1.71. The van der Waals surface area contributed by atoms with E-state index in [9.17, 15) is 13.2 Å². The van der Waals surface area contributed by atoms with Gasteiger partial charge < -0.3 is 20.4 Å². The van der Waals surface area contributed by atoms with Crippen molar-refractivity contribution in [1.82, 2.24) is 19.6 Å². The van der Waals surface area contributed by atoms with Gasteiger partial charge in [-0.05, 0) is 82.3 Å². The summed E-state index contributed by atoms with van der Waals surface area (Å²) >= 11 is 0. The molecule has 11 nitrogen and oxygen atoms in total. The highest BCUT2D eigenvalue weighted by Gasteiger charge is 2.25. The fourth-order valence-corrected chi connectivity index (χ4v) is 6.45. The Kier molecular flexibility index (Phi) is 9.26. The van der Waals surface area contributed by atoms with Gasteiger partial charge in [0, 0.05) is 73.3 Å². The van der Waals surface area contributed by atoms with Gasteiger partial charge in [-0.3, -0.25) is 4.90 Å². The summed E-state index contributed by atoms with van der Waals surface area (Å²) in [6, 6.07) is 24.3. The van der Waals surface area contributed by atoms with Crippen molar-refractivity contribution in [3.8, 4) is 0 Å². The van der Waals surface area contributed by atoms with E-state index in [-0.39, 0.29) is 10.9 Å². The zero-order valence-electron chi connectivity index (χ0n) is 26.3. The van der Waals surface area contributed by atoms with Crippen LogP contribution in [0.25, 0.3) is 0 Å². The first-order valence-electron chi connectivity index (χ1n) is 14.8. The molecule has 4 aromatic rings. The molecule has 0 unspecified atom stereocenters. The molecular formula is C33H40N8O3S. The predicted molar refractivity (Wildman–Crippen MR) is 180 cm³/mol. The maximum Gasteiger partial charge on any atom is 0.324 e. The lowest BCUT2D eigenvalue weighted by Gasteiger charge is -2.37. The third-order valence-corrected chi connectivity index (χ3v) is 9.04. The van der Waals surface area contributed by atoms with Crippen LogP contribution in [0.1, 0.15) is 26.3 Å². The average molecular weight is 629 g/mol. The van der Waals surface area contributed by atoms with Gasteiger partial charge in [0.05, 0.1) is 4.90 Å². The van der Waals surface area contributed by atoms with Crippen molar-refractivity contribution >= 4 is 50.6 Å². The second-order valence-corrected chi connectivity index (χ2v) is 13.7. The molecule has 45 heavy (non-hydrogen) atoms. The van der Waals surface area contributed by atoms with Gasteiger partial charge in [0.15, 0.2) is 0 Å². The van der Waals surface area contributed by atoms with E-state index in [4.69, 9.17) is 0 Å². The van der Waals surface area contributed by atoms with Crippen LogP contribution < -0.4 is 25.2 Å². The van der Waals surface area contributed by atoms with Crippen LogP contribution in [0.2, 0.25) is 0 Å². The Bertz CT molecular complexity index is 1730. The molecule has 1 aliphatic rings. The Morgan fingerprint density at radius 3 is 2.22 bits per heavy atom. The van der Waals surface area contributed by atoms with Crippen LogP contribution in [-0.2, 0) is 10.0 Å². The van der Waals surface area contributed by atoms with Crippen molar-refractivity contribution in [2.24, 2.45) is 0 Å². The Hall–Kier alpha value is -4.68. The number of carbonyl (C=O) groups is 1. The van der Waals surface area contributed by atoms with E-state index in [2.05, 4.69) is 30.2 Å². The summed E-state index contributed by atoms with van der Waals surface area (Å²) in [5, 5.41) is 6.49. The van der Waals surface area contributed by atoms with Crippen molar-refractivity contribution in [3.63, 3.8) is 0 Å². The SMILES string of the molecule is Cc1cnc(Nc2ccc(N3CCN(C(=O)N(C)c4ccccc4)CC3)cc2)nc1Nc1cccc(S(=O)(=O)NC(C)(C)C)c1. The van der Waals surface area contributed by atoms with Gasteiger partial charge in [0.25, 0.3) is 0 Å². The lowest BCUT2D eigenvalue weighted by molar-refractivity contribution is 0.202. The summed E-state index contributed by atoms with van der Waals surface area (Å²) in [7, 11) is -1.87. The third-order valence-electron chi connectivity index (χ3n) is 7.29. The molecule has 0 spiro atoms. The zero-order valence-corrected chi connectivity index (χ0v) is 27.1. The van der Waals surface area contributed by atoms with Crippen LogP contribution in [0.15, 0.2) is 90.0 Å². The molecule has 3 aromatic carbocycles. The van der Waals surface area contributed by atoms with E-state index in [1.54, 1.807) is 56.1 Å². The molecule has 5 rings (SSSR count). The number of hydrogen-bond donors (Lipinski definition) is 3. The number of anilines is 6. The van der Waals surface area contributed by atoms with E-state index in [0.29, 0.717) is 30.5 Å². The normalized spacial score (nSPS) is 13.8. The smallest absolute Gasteiger partial charge is 0.324 e. The highest BCUT2D eigenvalue weighted by atomic mass is 32.2. The number of aryl methyl sites for hydroxylation is 1. The second-order valence-electron chi connectivity index (χ2n) is 12.1. The van der Waals surface area contributed by atoms with Gasteiger partial charge in [-0.15, -0.1) is 0 Å². The molecule has 1 aromatic heterocycles. The first-order chi connectivity index (χ1) is 21.4. The lowest BCUT2D eigenvalue weighted by atomic mass is 10.1. The van der Waals surface area contributed by atoms with Gasteiger partial charge in [0.2, 0.25) is 16.0 Å². The molecule has 0 saturated carbocycles. The van der Waals surface area contributed by atoms with Crippen LogP contribution in [0, 0.1) is 6.92 Å². The number of aromatic nitrogens is 2. The number of sulfonamides is 1. The van der Waals surface area contributed by atoms with Gasteiger partial charge in [-0.1, -0.05) is 24.3 Å². The summed E-state index contributed by atoms with van der Waals surface area (Å²) in [4.78, 5) is 28.1. The molecule has 0 atom stereocenters. The number of amides is 2. The minimum Gasteiger partial charge on any atom is -0.368 e. The molecule has 0 aliphatic carbocycles. The molecule has 2 heterocycles. The van der Waals surface area contributed by atoms with Crippen LogP contribution in [0.3, 0.4) is 0 Å². The molecule has 3 N–H and O–H groups in total. The highest BCUT2D eigenvalue weighted by molar-refractivity contribution is 7.89. The number of hydrogen-bond acceptors (Lipinski definition) is 8. The van der Waals surface area contributed by atoms with Crippen molar-refractivity contribution in [2.45, 2.75) is 38.1 Å². The Morgan fingerprint density at radius 2 is 1.56 bits per heavy atom. The number of benzene rings is 3. The maximum absolute atomic E-state index is 13.0. The quantitative estimate of drug-likeness (QED) is 0.226. The van der Waals surface area contributed by atoms with Crippen molar-refractivity contribution in [1.29, 1.82) is 0 Å². The van der Waals surface area contributed by atoms with Gasteiger partial charge in [0.1, 0.15) is 5.82 Å². The lowest BCUT2D eigenvalue weighted by Crippen LogP contribution is -2.52. The molecule has 0 radical (unpaired) electrons. The van der Waals surface area contributed by atoms with E-state index in [1.807, 2.05) is 73.5 Å². The summed E-state index contributed by atoms with van der Waals surface area (Å²) in [6.45, 7) is 10.1. The number of urea groups is 1. The van der Waals surface area contributed by atoms with E-state index in [0.717, 1.165) is 35.7 Å². The Morgan fingerprint density at radius 1 is 0.867 bits per heavy atom. The number of carbonyl (C=O) groups excluding carboxylic acids is 1. The summed E-state index contributed by atoms with van der Waals surface area (Å²) in [5.41, 5.74) is 3.59. The van der Waals surface area contributed by atoms with E-state index < -0.39 is 15.6 Å². The molecule has 236 valence electrons. The van der Waals surface area contributed by atoms with Gasteiger partial charge in [-0.2, -0.15) is 4.98 Å². The number of para-hydroxylation sites is 1.